The Balaban J connectivity index is 2.06. The van der Waals surface area contributed by atoms with E-state index in [2.05, 4.69) is 4.98 Å². The van der Waals surface area contributed by atoms with Crippen LogP contribution in [0.4, 0.5) is 0 Å². The Morgan fingerprint density at radius 3 is 2.83 bits per heavy atom. The lowest BCUT2D eigenvalue weighted by Gasteiger charge is -2.14. The molecule has 1 atom stereocenters. The molecule has 5 heteroatoms. The second-order valence-electron chi connectivity index (χ2n) is 3.75. The van der Waals surface area contributed by atoms with Crippen LogP contribution in [0, 0.1) is 0 Å². The van der Waals surface area contributed by atoms with Crippen molar-refractivity contribution in [2.45, 2.75) is 13.0 Å². The van der Waals surface area contributed by atoms with E-state index in [0.717, 1.165) is 0 Å². The molecule has 0 bridgehead atoms. The van der Waals surface area contributed by atoms with Gasteiger partial charge in [0.05, 0.1) is 7.11 Å². The van der Waals surface area contributed by atoms with E-state index in [0.29, 0.717) is 11.5 Å². The summed E-state index contributed by atoms with van der Waals surface area (Å²) in [4.78, 5) is 15.8. The summed E-state index contributed by atoms with van der Waals surface area (Å²) in [7, 11) is 1.58. The van der Waals surface area contributed by atoms with E-state index < -0.39 is 6.10 Å². The zero-order valence-corrected chi connectivity index (χ0v) is 10.2. The highest BCUT2D eigenvalue weighted by Crippen LogP contribution is 2.20. The van der Waals surface area contributed by atoms with Crippen molar-refractivity contribution in [3.05, 3.63) is 43.0 Å². The number of nitrogens with zero attached hydrogens (tertiary/aromatic N) is 2. The highest BCUT2D eigenvalue weighted by atomic mass is 16.5. The molecule has 5 nitrogen and oxygen atoms in total. The average molecular weight is 246 g/mol. The van der Waals surface area contributed by atoms with Crippen LogP contribution in [0.15, 0.2) is 43.0 Å². The maximum atomic E-state index is 11.9. The number of imidazole rings is 1. The van der Waals surface area contributed by atoms with Gasteiger partial charge in [-0.25, -0.2) is 4.98 Å². The monoisotopic (exact) mass is 246 g/mol. The smallest absolute Gasteiger partial charge is 0.272 e. The molecule has 2 aromatic rings. The van der Waals surface area contributed by atoms with Crippen LogP contribution < -0.4 is 9.47 Å². The number of carbonyl (C=O) groups excluding carboxylic acids is 1. The molecule has 0 radical (unpaired) electrons. The molecule has 1 heterocycles. The number of hydrogen-bond acceptors (Lipinski definition) is 4. The number of rotatable bonds is 4. The fourth-order valence-corrected chi connectivity index (χ4v) is 1.53. The van der Waals surface area contributed by atoms with Crippen molar-refractivity contribution in [2.75, 3.05) is 7.11 Å². The second-order valence-corrected chi connectivity index (χ2v) is 3.75. The average Bonchev–Trinajstić information content (AvgIpc) is 2.92. The SMILES string of the molecule is COc1cccc(OC(C)C(=O)n2ccnc2)c1. The van der Waals surface area contributed by atoms with Gasteiger partial charge in [0.1, 0.15) is 17.8 Å². The van der Waals surface area contributed by atoms with Gasteiger partial charge in [0.2, 0.25) is 0 Å². The highest BCUT2D eigenvalue weighted by molar-refractivity contribution is 5.83. The molecule has 0 saturated carbocycles. The summed E-state index contributed by atoms with van der Waals surface area (Å²) in [6, 6.07) is 7.13. The van der Waals surface area contributed by atoms with Crippen molar-refractivity contribution >= 4 is 5.91 Å². The molecule has 1 unspecified atom stereocenters. The van der Waals surface area contributed by atoms with Gasteiger partial charge in [-0.15, -0.1) is 0 Å². The minimum Gasteiger partial charge on any atom is -0.497 e. The Bertz CT molecular complexity index is 523. The van der Waals surface area contributed by atoms with Gasteiger partial charge < -0.3 is 9.47 Å². The van der Waals surface area contributed by atoms with Crippen molar-refractivity contribution in [2.24, 2.45) is 0 Å². The van der Waals surface area contributed by atoms with Gasteiger partial charge in [0.25, 0.3) is 5.91 Å². The van der Waals surface area contributed by atoms with Gasteiger partial charge >= 0.3 is 0 Å². The zero-order valence-electron chi connectivity index (χ0n) is 10.2. The molecule has 0 aliphatic carbocycles. The van der Waals surface area contributed by atoms with E-state index in [9.17, 15) is 4.79 Å². The third-order valence-corrected chi connectivity index (χ3v) is 2.46. The molecule has 94 valence electrons. The van der Waals surface area contributed by atoms with Crippen molar-refractivity contribution in [3.63, 3.8) is 0 Å². The number of hydrogen-bond donors (Lipinski definition) is 0. The van der Waals surface area contributed by atoms with Gasteiger partial charge in [0, 0.05) is 18.5 Å². The molecular formula is C13H14N2O3. The van der Waals surface area contributed by atoms with Crippen molar-refractivity contribution in [3.8, 4) is 11.5 Å². The van der Waals surface area contributed by atoms with Gasteiger partial charge in [-0.3, -0.25) is 9.36 Å². The second kappa shape index (κ2) is 5.35. The predicted octanol–water partition coefficient (Wildman–Crippen LogP) is 2.00. The first-order chi connectivity index (χ1) is 8.70. The third kappa shape index (κ3) is 2.68. The highest BCUT2D eigenvalue weighted by Gasteiger charge is 2.16. The van der Waals surface area contributed by atoms with Crippen molar-refractivity contribution in [1.29, 1.82) is 0 Å². The third-order valence-electron chi connectivity index (χ3n) is 2.46. The summed E-state index contributed by atoms with van der Waals surface area (Å²) in [5, 5.41) is 0. The maximum absolute atomic E-state index is 11.9. The minimum absolute atomic E-state index is 0.171. The Kier molecular flexibility index (Phi) is 3.62. The topological polar surface area (TPSA) is 53.4 Å². The van der Waals surface area contributed by atoms with Gasteiger partial charge in [-0.1, -0.05) is 6.07 Å². The number of ether oxygens (including phenoxy) is 2. The fraction of sp³-hybridized carbons (Fsp3) is 0.231. The molecule has 0 aliphatic rings. The van der Waals surface area contributed by atoms with Crippen LogP contribution in [-0.2, 0) is 0 Å². The van der Waals surface area contributed by atoms with Crippen LogP contribution in [0.1, 0.15) is 11.7 Å². The van der Waals surface area contributed by atoms with Crippen LogP contribution in [0.5, 0.6) is 11.5 Å². The van der Waals surface area contributed by atoms with Gasteiger partial charge in [-0.05, 0) is 19.1 Å². The van der Waals surface area contributed by atoms with E-state index in [1.54, 1.807) is 38.6 Å². The van der Waals surface area contributed by atoms with E-state index in [1.165, 1.54) is 10.9 Å². The molecule has 0 spiro atoms. The largest absolute Gasteiger partial charge is 0.497 e. The maximum Gasteiger partial charge on any atom is 0.272 e. The first-order valence-corrected chi connectivity index (χ1v) is 5.53. The first-order valence-electron chi connectivity index (χ1n) is 5.53. The molecular weight excluding hydrogens is 232 g/mol. The minimum atomic E-state index is -0.591. The van der Waals surface area contributed by atoms with E-state index >= 15 is 0 Å². The standard InChI is InChI=1S/C13H14N2O3/c1-10(13(16)15-7-6-14-9-15)18-12-5-3-4-11(8-12)17-2/h3-10H,1-2H3. The van der Waals surface area contributed by atoms with E-state index in [1.807, 2.05) is 12.1 Å². The Hall–Kier alpha value is -2.30. The van der Waals surface area contributed by atoms with Crippen LogP contribution in [0.2, 0.25) is 0 Å². The molecule has 0 fully saturated rings. The molecule has 1 aromatic heterocycles. The summed E-state index contributed by atoms with van der Waals surface area (Å²) in [6.45, 7) is 1.70. The first kappa shape index (κ1) is 12.2. The van der Waals surface area contributed by atoms with Gasteiger partial charge in [0.15, 0.2) is 6.10 Å². The molecule has 2 rings (SSSR count). The number of carbonyl (C=O) groups is 1. The normalized spacial score (nSPS) is 11.9. The van der Waals surface area contributed by atoms with E-state index in [-0.39, 0.29) is 5.91 Å². The van der Waals surface area contributed by atoms with Crippen LogP contribution in [0.3, 0.4) is 0 Å². The van der Waals surface area contributed by atoms with Crippen molar-refractivity contribution < 1.29 is 14.3 Å². The van der Waals surface area contributed by atoms with Crippen LogP contribution in [-0.4, -0.2) is 28.7 Å². The zero-order chi connectivity index (χ0) is 13.0. The molecule has 18 heavy (non-hydrogen) atoms. The van der Waals surface area contributed by atoms with Crippen molar-refractivity contribution in [1.82, 2.24) is 9.55 Å². The molecule has 0 saturated heterocycles. The lowest BCUT2D eigenvalue weighted by molar-refractivity contribution is 0.0727. The molecule has 1 aromatic carbocycles. The Morgan fingerprint density at radius 2 is 2.17 bits per heavy atom. The molecule has 0 amide bonds. The van der Waals surface area contributed by atoms with Crippen LogP contribution in [0.25, 0.3) is 0 Å². The lowest BCUT2D eigenvalue weighted by atomic mass is 10.3. The quantitative estimate of drug-likeness (QED) is 0.828. The summed E-state index contributed by atoms with van der Waals surface area (Å²) < 4.78 is 12.0. The fourth-order valence-electron chi connectivity index (χ4n) is 1.53. The summed E-state index contributed by atoms with van der Waals surface area (Å²) >= 11 is 0. The van der Waals surface area contributed by atoms with Crippen LogP contribution >= 0.6 is 0 Å². The van der Waals surface area contributed by atoms with E-state index in [4.69, 9.17) is 9.47 Å². The summed E-state index contributed by atoms with van der Waals surface area (Å²) in [5.74, 6) is 1.11. The van der Waals surface area contributed by atoms with Gasteiger partial charge in [-0.2, -0.15) is 0 Å². The molecule has 0 aliphatic heterocycles. The Morgan fingerprint density at radius 1 is 1.39 bits per heavy atom. The number of methoxy groups -OCH3 is 1. The lowest BCUT2D eigenvalue weighted by Crippen LogP contribution is -2.28. The number of benzene rings is 1. The summed E-state index contributed by atoms with van der Waals surface area (Å²) in [6.07, 6.45) is 4.00. The molecule has 0 N–H and O–H groups in total. The number of aromatic nitrogens is 2. The predicted molar refractivity (Wildman–Crippen MR) is 65.9 cm³/mol. The Labute approximate surface area is 105 Å². The summed E-state index contributed by atoms with van der Waals surface area (Å²) in [5.41, 5.74) is 0.